The van der Waals surface area contributed by atoms with Crippen molar-refractivity contribution in [2.24, 2.45) is 0 Å². The van der Waals surface area contributed by atoms with E-state index in [2.05, 4.69) is 30.9 Å². The van der Waals surface area contributed by atoms with Gasteiger partial charge in [-0.1, -0.05) is 12.5 Å². The summed E-state index contributed by atoms with van der Waals surface area (Å²) in [6, 6.07) is 0. The molecule has 0 rings (SSSR count). The van der Waals surface area contributed by atoms with E-state index in [1.165, 1.54) is 12.8 Å². The molecule has 0 aliphatic heterocycles. The molecule has 0 aromatic heterocycles. The van der Waals surface area contributed by atoms with Crippen LogP contribution in [-0.4, -0.2) is 16.1 Å². The third-order valence-corrected chi connectivity index (χ3v) is 2.27. The summed E-state index contributed by atoms with van der Waals surface area (Å²) in [5, 5.41) is 0. The molecule has 0 atom stereocenters. The summed E-state index contributed by atoms with van der Waals surface area (Å²) >= 11 is 0. The van der Waals surface area contributed by atoms with Crippen molar-refractivity contribution >= 4 is 10.5 Å². The molecule has 0 aliphatic carbocycles. The van der Waals surface area contributed by atoms with Crippen LogP contribution in [0.15, 0.2) is 12.7 Å². The van der Waals surface area contributed by atoms with Crippen LogP contribution in [0.25, 0.3) is 0 Å². The van der Waals surface area contributed by atoms with Gasteiger partial charge in [-0.05, 0) is 33.1 Å². The molecule has 0 saturated heterocycles. The highest BCUT2D eigenvalue weighted by atomic mass is 28.2. The Hall–Kier alpha value is -0.0831. The summed E-state index contributed by atoms with van der Waals surface area (Å²) < 4.78 is 5.10. The molecule has 0 amide bonds. The second kappa shape index (κ2) is 5.55. The van der Waals surface area contributed by atoms with Crippen molar-refractivity contribution in [2.45, 2.75) is 45.1 Å². The van der Waals surface area contributed by atoms with Gasteiger partial charge in [0.1, 0.15) is 0 Å². The van der Waals surface area contributed by atoms with Crippen LogP contribution in [0.2, 0.25) is 0 Å². The molecule has 2 heteroatoms. The topological polar surface area (TPSA) is 9.23 Å². The third kappa shape index (κ3) is 6.32. The number of hydrogen-bond acceptors (Lipinski definition) is 1. The van der Waals surface area contributed by atoms with Gasteiger partial charge in [0.25, 0.3) is 0 Å². The van der Waals surface area contributed by atoms with Crippen molar-refractivity contribution in [1.29, 1.82) is 0 Å². The smallest absolute Gasteiger partial charge is 0.246 e. The maximum Gasteiger partial charge on any atom is 0.246 e. The normalized spacial score (nSPS) is 11.5. The molecule has 0 unspecified atom stereocenters. The molecule has 63 valence electrons. The van der Waals surface area contributed by atoms with Gasteiger partial charge in [0.05, 0.1) is 0 Å². The highest BCUT2D eigenvalue weighted by molar-refractivity contribution is 5.98. The zero-order valence-electron chi connectivity index (χ0n) is 7.52. The van der Waals surface area contributed by atoms with E-state index < -0.39 is 0 Å². The van der Waals surface area contributed by atoms with E-state index in [0.29, 0.717) is 0 Å². The molecule has 0 N–H and O–H groups in total. The lowest BCUT2D eigenvalue weighted by molar-refractivity contribution is 0.109. The average molecular weight is 169 g/mol. The van der Waals surface area contributed by atoms with Crippen molar-refractivity contribution in [3.05, 3.63) is 12.7 Å². The zero-order valence-corrected chi connectivity index (χ0v) is 8.52. The molecule has 0 spiro atoms. The van der Waals surface area contributed by atoms with Crippen LogP contribution in [0.1, 0.15) is 39.5 Å². The molecule has 3 radical (unpaired) electrons. The quantitative estimate of drug-likeness (QED) is 0.337. The maximum absolute atomic E-state index is 5.10. The lowest BCUT2D eigenvalue weighted by Crippen LogP contribution is -2.22. The minimum atomic E-state index is -0.0297. The first kappa shape index (κ1) is 10.9. The fraction of sp³-hybridized carbons (Fsp3) is 0.778. The van der Waals surface area contributed by atoms with Crippen LogP contribution in [0, 0.1) is 0 Å². The van der Waals surface area contributed by atoms with Crippen LogP contribution in [-0.2, 0) is 4.43 Å². The first-order valence-electron chi connectivity index (χ1n) is 4.08. The number of hydrogen-bond donors (Lipinski definition) is 0. The fourth-order valence-electron chi connectivity index (χ4n) is 0.890. The summed E-state index contributed by atoms with van der Waals surface area (Å²) in [6.07, 6.45) is 6.57. The molecule has 0 fully saturated rings. The van der Waals surface area contributed by atoms with Crippen molar-refractivity contribution in [1.82, 2.24) is 0 Å². The van der Waals surface area contributed by atoms with Crippen LogP contribution < -0.4 is 0 Å². The van der Waals surface area contributed by atoms with Gasteiger partial charge in [0.15, 0.2) is 0 Å². The van der Waals surface area contributed by atoms with E-state index in [1.807, 2.05) is 6.08 Å². The van der Waals surface area contributed by atoms with Gasteiger partial charge in [-0.3, -0.25) is 0 Å². The highest BCUT2D eigenvalue weighted by Gasteiger charge is 2.14. The van der Waals surface area contributed by atoms with Crippen LogP contribution in [0.4, 0.5) is 0 Å². The third-order valence-electron chi connectivity index (χ3n) is 1.71. The lowest BCUT2D eigenvalue weighted by Gasteiger charge is -2.22. The molecule has 0 aromatic carbocycles. The van der Waals surface area contributed by atoms with Crippen molar-refractivity contribution < 1.29 is 4.43 Å². The Morgan fingerprint density at radius 3 is 2.55 bits per heavy atom. The molecule has 0 saturated carbocycles. The summed E-state index contributed by atoms with van der Waals surface area (Å²) in [5.41, 5.74) is -0.0297. The zero-order chi connectivity index (χ0) is 8.74. The van der Waals surface area contributed by atoms with Crippen LogP contribution >= 0.6 is 0 Å². The van der Waals surface area contributed by atoms with Gasteiger partial charge in [-0.2, -0.15) is 0 Å². The van der Waals surface area contributed by atoms with Crippen molar-refractivity contribution in [3.8, 4) is 0 Å². The Balaban J connectivity index is 3.29. The van der Waals surface area contributed by atoms with Crippen LogP contribution in [0.5, 0.6) is 0 Å². The van der Waals surface area contributed by atoms with E-state index in [4.69, 9.17) is 4.43 Å². The molecule has 11 heavy (non-hydrogen) atoms. The second-order valence-electron chi connectivity index (χ2n) is 3.40. The maximum atomic E-state index is 5.10. The Kier molecular flexibility index (Phi) is 5.51. The van der Waals surface area contributed by atoms with Gasteiger partial charge in [0, 0.05) is 5.60 Å². The minimum Gasteiger partial charge on any atom is -0.414 e. The predicted molar refractivity (Wildman–Crippen MR) is 49.6 cm³/mol. The Bertz CT molecular complexity index is 110. The van der Waals surface area contributed by atoms with Crippen molar-refractivity contribution in [3.63, 3.8) is 0 Å². The van der Waals surface area contributed by atoms with Gasteiger partial charge in [-0.15, -0.1) is 6.58 Å². The Morgan fingerprint density at radius 1 is 1.45 bits per heavy atom. The molecule has 0 aliphatic rings. The summed E-state index contributed by atoms with van der Waals surface area (Å²) in [7, 11) is 3.07. The lowest BCUT2D eigenvalue weighted by atomic mass is 10.0. The molecular weight excluding hydrogens is 152 g/mol. The van der Waals surface area contributed by atoms with E-state index >= 15 is 0 Å². The summed E-state index contributed by atoms with van der Waals surface area (Å²) in [6.45, 7) is 7.83. The van der Waals surface area contributed by atoms with Gasteiger partial charge in [-0.25, -0.2) is 0 Å². The van der Waals surface area contributed by atoms with Crippen LogP contribution in [0.3, 0.4) is 0 Å². The standard InChI is InChI=1S/C9H17OSi/c1-4-5-6-7-8-9(2,3)10-11/h4H,1,5-8H2,2-3H3. The van der Waals surface area contributed by atoms with Gasteiger partial charge in [0.2, 0.25) is 10.5 Å². The first-order valence-corrected chi connectivity index (χ1v) is 4.49. The molecular formula is C9H17OSi. The molecule has 0 bridgehead atoms. The van der Waals surface area contributed by atoms with Gasteiger partial charge >= 0.3 is 0 Å². The largest absolute Gasteiger partial charge is 0.414 e. The first-order chi connectivity index (χ1) is 5.12. The molecule has 0 heterocycles. The average Bonchev–Trinajstić information content (AvgIpc) is 1.99. The predicted octanol–water partition coefficient (Wildman–Crippen LogP) is 2.61. The Labute approximate surface area is 73.4 Å². The number of unbranched alkanes of at least 4 members (excludes halogenated alkanes) is 2. The van der Waals surface area contributed by atoms with Crippen molar-refractivity contribution in [2.75, 3.05) is 0 Å². The number of rotatable bonds is 6. The summed E-state index contributed by atoms with van der Waals surface area (Å²) in [4.78, 5) is 0. The Morgan fingerprint density at radius 2 is 2.09 bits per heavy atom. The van der Waals surface area contributed by atoms with E-state index in [1.54, 1.807) is 0 Å². The van der Waals surface area contributed by atoms with E-state index in [0.717, 1.165) is 12.8 Å². The van der Waals surface area contributed by atoms with E-state index in [-0.39, 0.29) is 5.60 Å². The highest BCUT2D eigenvalue weighted by Crippen LogP contribution is 2.16. The monoisotopic (exact) mass is 169 g/mol. The molecule has 0 aromatic rings. The fourth-order valence-corrected chi connectivity index (χ4v) is 0.992. The van der Waals surface area contributed by atoms with Gasteiger partial charge < -0.3 is 4.43 Å². The minimum absolute atomic E-state index is 0.0297. The second-order valence-corrected chi connectivity index (χ2v) is 3.60. The van der Waals surface area contributed by atoms with E-state index in [9.17, 15) is 0 Å². The number of allylic oxidation sites excluding steroid dienone is 1. The summed E-state index contributed by atoms with van der Waals surface area (Å²) in [5.74, 6) is 0. The SMILES string of the molecule is C=CCCCCC(C)(C)O[Si]. The molecule has 1 nitrogen and oxygen atoms in total.